The Hall–Kier alpha value is -3.25. The van der Waals surface area contributed by atoms with Crippen molar-refractivity contribution in [3.05, 3.63) is 106 Å². The Morgan fingerprint density at radius 2 is 1.62 bits per heavy atom. The third-order valence-electron chi connectivity index (χ3n) is 5.04. The molecule has 4 nitrogen and oxygen atoms in total. The zero-order valence-electron chi connectivity index (χ0n) is 18.4. The molecule has 0 N–H and O–H groups in total. The summed E-state index contributed by atoms with van der Waals surface area (Å²) in [6.07, 6.45) is 1.62. The molecule has 0 saturated carbocycles. The highest BCUT2D eigenvalue weighted by molar-refractivity contribution is 7.11. The molecule has 2 aromatic carbocycles. The highest BCUT2D eigenvalue weighted by Crippen LogP contribution is 2.19. The molecule has 6 heteroatoms. The van der Waals surface area contributed by atoms with Gasteiger partial charge in [-0.2, -0.15) is 0 Å². The molecule has 166 valence electrons. The molecule has 1 aromatic heterocycles. The van der Waals surface area contributed by atoms with Crippen LogP contribution in [0.1, 0.15) is 31.2 Å². The molecule has 0 aliphatic carbocycles. The first-order chi connectivity index (χ1) is 15.4. The van der Waals surface area contributed by atoms with E-state index >= 15 is 0 Å². The molecular weight excluding hydrogens is 423 g/mol. The molecule has 2 amide bonds. The van der Waals surface area contributed by atoms with Gasteiger partial charge in [-0.05, 0) is 55.8 Å². The molecule has 0 fully saturated rings. The lowest BCUT2D eigenvalue weighted by Crippen LogP contribution is -2.42. The maximum Gasteiger partial charge on any atom is 0.254 e. The van der Waals surface area contributed by atoms with E-state index in [1.165, 1.54) is 17.0 Å². The predicted octanol–water partition coefficient (Wildman–Crippen LogP) is 5.36. The van der Waals surface area contributed by atoms with Gasteiger partial charge in [0.15, 0.2) is 0 Å². The summed E-state index contributed by atoms with van der Waals surface area (Å²) in [7, 11) is 0. The Morgan fingerprint density at radius 1 is 0.938 bits per heavy atom. The molecule has 1 heterocycles. The van der Waals surface area contributed by atoms with Crippen molar-refractivity contribution in [3.63, 3.8) is 0 Å². The molecule has 0 atom stereocenters. The number of aryl methyl sites for hydroxylation is 2. The molecule has 3 aromatic rings. The Labute approximate surface area is 192 Å². The second kappa shape index (κ2) is 10.9. The number of hydrogen-bond acceptors (Lipinski definition) is 3. The highest BCUT2D eigenvalue weighted by atomic mass is 32.1. The van der Waals surface area contributed by atoms with Crippen LogP contribution in [-0.4, -0.2) is 34.7 Å². The Kier molecular flexibility index (Phi) is 7.95. The van der Waals surface area contributed by atoms with Gasteiger partial charge in [0.2, 0.25) is 5.91 Å². The van der Waals surface area contributed by atoms with E-state index in [4.69, 9.17) is 0 Å². The van der Waals surface area contributed by atoms with Crippen LogP contribution >= 0.6 is 11.3 Å². The smallest absolute Gasteiger partial charge is 0.254 e. The van der Waals surface area contributed by atoms with Gasteiger partial charge in [-0.3, -0.25) is 9.59 Å². The maximum absolute atomic E-state index is 13.3. The van der Waals surface area contributed by atoms with Crippen LogP contribution in [0.4, 0.5) is 4.39 Å². The van der Waals surface area contributed by atoms with Crippen LogP contribution in [0.15, 0.2) is 73.3 Å². The Morgan fingerprint density at radius 3 is 2.22 bits per heavy atom. The predicted molar refractivity (Wildman–Crippen MR) is 127 cm³/mol. The minimum atomic E-state index is -0.318. The topological polar surface area (TPSA) is 40.6 Å². The summed E-state index contributed by atoms with van der Waals surface area (Å²) in [6, 6.07) is 17.4. The van der Waals surface area contributed by atoms with Crippen LogP contribution in [0.25, 0.3) is 0 Å². The van der Waals surface area contributed by atoms with Gasteiger partial charge in [0.1, 0.15) is 12.4 Å². The van der Waals surface area contributed by atoms with E-state index in [0.717, 1.165) is 20.9 Å². The fraction of sp³-hybridized carbons (Fsp3) is 0.231. The number of carbonyl (C=O) groups excluding carboxylic acids is 2. The van der Waals surface area contributed by atoms with Gasteiger partial charge >= 0.3 is 0 Å². The van der Waals surface area contributed by atoms with Crippen molar-refractivity contribution < 1.29 is 14.0 Å². The van der Waals surface area contributed by atoms with Gasteiger partial charge in [0.25, 0.3) is 5.91 Å². The summed E-state index contributed by atoms with van der Waals surface area (Å²) in [5.41, 5.74) is 2.42. The van der Waals surface area contributed by atoms with Crippen LogP contribution in [0, 0.1) is 19.7 Å². The number of nitrogens with zero attached hydrogens (tertiary/aromatic N) is 2. The van der Waals surface area contributed by atoms with Gasteiger partial charge in [0, 0.05) is 28.4 Å². The first-order valence-electron chi connectivity index (χ1n) is 10.4. The molecule has 0 bridgehead atoms. The second-order valence-corrected chi connectivity index (χ2v) is 9.10. The largest absolute Gasteiger partial charge is 0.332 e. The molecule has 0 aliphatic heterocycles. The summed E-state index contributed by atoms with van der Waals surface area (Å²) < 4.78 is 13.3. The monoisotopic (exact) mass is 450 g/mol. The summed E-state index contributed by atoms with van der Waals surface area (Å²) in [6.45, 7) is 8.67. The quantitative estimate of drug-likeness (QED) is 0.412. The first kappa shape index (κ1) is 23.4. The van der Waals surface area contributed by atoms with Gasteiger partial charge in [0.05, 0.1) is 6.54 Å². The lowest BCUT2D eigenvalue weighted by Gasteiger charge is -2.27. The fourth-order valence-corrected chi connectivity index (χ4v) is 4.22. The first-order valence-corrected chi connectivity index (χ1v) is 11.2. The molecule has 3 rings (SSSR count). The SMILES string of the molecule is C=CCN(CC(=O)N(Cc1ccc(F)cc1)Cc1ccc(C)s1)C(=O)c1ccc(C)cc1. The van der Waals surface area contributed by atoms with Crippen molar-refractivity contribution in [2.75, 3.05) is 13.1 Å². The summed E-state index contributed by atoms with van der Waals surface area (Å²) >= 11 is 1.63. The van der Waals surface area contributed by atoms with Crippen LogP contribution in [-0.2, 0) is 17.9 Å². The molecule has 0 aliphatic rings. The van der Waals surface area contributed by atoms with E-state index < -0.39 is 0 Å². The average molecular weight is 451 g/mol. The van der Waals surface area contributed by atoms with E-state index in [2.05, 4.69) is 6.58 Å². The van der Waals surface area contributed by atoms with E-state index in [1.807, 2.05) is 38.1 Å². The number of benzene rings is 2. The second-order valence-electron chi connectivity index (χ2n) is 7.73. The molecule has 0 unspecified atom stereocenters. The van der Waals surface area contributed by atoms with Crippen LogP contribution in [0.3, 0.4) is 0 Å². The Balaban J connectivity index is 1.80. The number of rotatable bonds is 9. The highest BCUT2D eigenvalue weighted by Gasteiger charge is 2.22. The Bertz CT molecular complexity index is 1070. The summed E-state index contributed by atoms with van der Waals surface area (Å²) in [5.74, 6) is -0.712. The lowest BCUT2D eigenvalue weighted by molar-refractivity contribution is -0.133. The minimum Gasteiger partial charge on any atom is -0.332 e. The maximum atomic E-state index is 13.3. The van der Waals surface area contributed by atoms with Crippen LogP contribution in [0.5, 0.6) is 0 Å². The molecule has 0 radical (unpaired) electrons. The van der Waals surface area contributed by atoms with Gasteiger partial charge in [-0.1, -0.05) is 35.9 Å². The van der Waals surface area contributed by atoms with Crippen molar-refractivity contribution in [2.45, 2.75) is 26.9 Å². The van der Waals surface area contributed by atoms with Crippen molar-refractivity contribution in [1.82, 2.24) is 9.80 Å². The average Bonchev–Trinajstić information content (AvgIpc) is 3.19. The van der Waals surface area contributed by atoms with Gasteiger partial charge in [-0.25, -0.2) is 4.39 Å². The molecular formula is C26H27FN2O2S. The van der Waals surface area contributed by atoms with Crippen LogP contribution in [0.2, 0.25) is 0 Å². The fourth-order valence-electron chi connectivity index (χ4n) is 3.32. The van der Waals surface area contributed by atoms with E-state index in [0.29, 0.717) is 18.7 Å². The number of halogens is 1. The van der Waals surface area contributed by atoms with Crippen LogP contribution < -0.4 is 0 Å². The number of amides is 2. The van der Waals surface area contributed by atoms with Gasteiger partial charge < -0.3 is 9.80 Å². The zero-order valence-corrected chi connectivity index (χ0v) is 19.2. The molecule has 32 heavy (non-hydrogen) atoms. The summed E-state index contributed by atoms with van der Waals surface area (Å²) in [5, 5.41) is 0. The summed E-state index contributed by atoms with van der Waals surface area (Å²) in [4.78, 5) is 31.8. The third kappa shape index (κ3) is 6.37. The van der Waals surface area contributed by atoms with Crippen molar-refractivity contribution >= 4 is 23.2 Å². The van der Waals surface area contributed by atoms with E-state index in [9.17, 15) is 14.0 Å². The lowest BCUT2D eigenvalue weighted by atomic mass is 10.1. The normalized spacial score (nSPS) is 10.6. The van der Waals surface area contributed by atoms with E-state index in [1.54, 1.807) is 46.6 Å². The van der Waals surface area contributed by atoms with Crippen molar-refractivity contribution in [2.24, 2.45) is 0 Å². The number of carbonyl (C=O) groups is 2. The minimum absolute atomic E-state index is 0.0652. The number of thiophene rings is 1. The number of hydrogen-bond donors (Lipinski definition) is 0. The zero-order chi connectivity index (χ0) is 23.1. The van der Waals surface area contributed by atoms with Crippen molar-refractivity contribution in [3.8, 4) is 0 Å². The van der Waals surface area contributed by atoms with E-state index in [-0.39, 0.29) is 30.7 Å². The molecule has 0 spiro atoms. The van der Waals surface area contributed by atoms with Gasteiger partial charge in [-0.15, -0.1) is 17.9 Å². The van der Waals surface area contributed by atoms with Crippen molar-refractivity contribution in [1.29, 1.82) is 0 Å². The standard InChI is InChI=1S/C26H27FN2O2S/c1-4-15-28(26(31)22-10-5-19(2)6-11-22)18-25(30)29(17-24-14-7-20(3)32-24)16-21-8-12-23(27)13-9-21/h4-14H,1,15-18H2,2-3H3. The molecule has 0 saturated heterocycles. The third-order valence-corrected chi connectivity index (χ3v) is 6.03.